The van der Waals surface area contributed by atoms with Gasteiger partial charge in [-0.25, -0.2) is 0 Å². The van der Waals surface area contributed by atoms with E-state index in [1.54, 1.807) is 0 Å². The molecule has 1 aromatic rings. The highest BCUT2D eigenvalue weighted by Gasteiger charge is 2.30. The molecule has 104 valence electrons. The number of benzene rings is 1. The average molecular weight is 264 g/mol. The molecule has 0 heterocycles. The smallest absolute Gasteiger partial charge is 0.309 e. The van der Waals surface area contributed by atoms with E-state index in [1.165, 1.54) is 0 Å². The molecule has 0 spiro atoms. The number of rotatable bonds is 9. The second-order valence-electron chi connectivity index (χ2n) is 4.59. The van der Waals surface area contributed by atoms with Gasteiger partial charge < -0.3 is 14.2 Å². The van der Waals surface area contributed by atoms with Crippen molar-refractivity contribution in [1.29, 1.82) is 0 Å². The minimum Gasteiger partial charge on any atom is -0.463 e. The van der Waals surface area contributed by atoms with Crippen LogP contribution in [0.1, 0.15) is 18.4 Å². The fourth-order valence-corrected chi connectivity index (χ4v) is 1.62. The molecule has 1 saturated carbocycles. The first-order valence-electron chi connectivity index (χ1n) is 6.72. The van der Waals surface area contributed by atoms with Crippen LogP contribution in [0.5, 0.6) is 0 Å². The lowest BCUT2D eigenvalue weighted by Gasteiger charge is -2.06. The van der Waals surface area contributed by atoms with Crippen molar-refractivity contribution in [3.8, 4) is 0 Å². The van der Waals surface area contributed by atoms with Crippen molar-refractivity contribution in [2.45, 2.75) is 19.4 Å². The van der Waals surface area contributed by atoms with E-state index in [9.17, 15) is 4.79 Å². The summed E-state index contributed by atoms with van der Waals surface area (Å²) in [7, 11) is 0. The molecule has 1 aromatic carbocycles. The summed E-state index contributed by atoms with van der Waals surface area (Å²) in [4.78, 5) is 11.2. The van der Waals surface area contributed by atoms with Crippen molar-refractivity contribution in [3.63, 3.8) is 0 Å². The summed E-state index contributed by atoms with van der Waals surface area (Å²) in [6.07, 6.45) is 1.96. The van der Waals surface area contributed by atoms with Crippen molar-refractivity contribution in [2.75, 3.05) is 26.4 Å². The summed E-state index contributed by atoms with van der Waals surface area (Å²) in [5, 5.41) is 0. The van der Waals surface area contributed by atoms with Crippen molar-refractivity contribution < 1.29 is 19.0 Å². The van der Waals surface area contributed by atoms with Crippen LogP contribution in [0.4, 0.5) is 0 Å². The minimum absolute atomic E-state index is 0.0797. The second kappa shape index (κ2) is 7.92. The third kappa shape index (κ3) is 5.85. The largest absolute Gasteiger partial charge is 0.463 e. The third-order valence-electron chi connectivity index (χ3n) is 2.87. The maximum Gasteiger partial charge on any atom is 0.309 e. The van der Waals surface area contributed by atoms with Crippen molar-refractivity contribution in [3.05, 3.63) is 35.9 Å². The molecule has 0 aliphatic heterocycles. The van der Waals surface area contributed by atoms with E-state index >= 15 is 0 Å². The first kappa shape index (κ1) is 14.0. The molecule has 0 aromatic heterocycles. The first-order valence-corrected chi connectivity index (χ1v) is 6.72. The molecular weight excluding hydrogens is 244 g/mol. The van der Waals surface area contributed by atoms with Gasteiger partial charge in [0.15, 0.2) is 0 Å². The normalized spacial score (nSPS) is 14.3. The Labute approximate surface area is 113 Å². The Morgan fingerprint density at radius 1 is 1.00 bits per heavy atom. The van der Waals surface area contributed by atoms with E-state index in [4.69, 9.17) is 14.2 Å². The summed E-state index contributed by atoms with van der Waals surface area (Å²) < 4.78 is 15.8. The zero-order chi connectivity index (χ0) is 13.3. The van der Waals surface area contributed by atoms with Gasteiger partial charge in [0.05, 0.1) is 32.3 Å². The van der Waals surface area contributed by atoms with Crippen LogP contribution in [0.2, 0.25) is 0 Å². The molecule has 0 N–H and O–H groups in total. The number of hydrogen-bond donors (Lipinski definition) is 0. The lowest BCUT2D eigenvalue weighted by molar-refractivity contribution is -0.146. The lowest BCUT2D eigenvalue weighted by Crippen LogP contribution is -2.13. The molecule has 4 nitrogen and oxygen atoms in total. The molecule has 2 rings (SSSR count). The zero-order valence-corrected chi connectivity index (χ0v) is 11.0. The van der Waals surface area contributed by atoms with Crippen LogP contribution in [0.15, 0.2) is 30.3 Å². The van der Waals surface area contributed by atoms with Crippen molar-refractivity contribution in [2.24, 2.45) is 5.92 Å². The first-order chi connectivity index (χ1) is 9.36. The zero-order valence-electron chi connectivity index (χ0n) is 11.0. The van der Waals surface area contributed by atoms with E-state index in [-0.39, 0.29) is 11.9 Å². The van der Waals surface area contributed by atoms with E-state index in [0.29, 0.717) is 33.0 Å². The van der Waals surface area contributed by atoms with E-state index in [0.717, 1.165) is 18.4 Å². The van der Waals surface area contributed by atoms with Gasteiger partial charge in [-0.05, 0) is 18.4 Å². The van der Waals surface area contributed by atoms with Crippen LogP contribution in [0.25, 0.3) is 0 Å². The molecular formula is C15H20O4. The minimum atomic E-state index is -0.0797. The molecule has 1 fully saturated rings. The molecule has 1 aliphatic rings. The van der Waals surface area contributed by atoms with Crippen LogP contribution in [-0.4, -0.2) is 32.4 Å². The number of ether oxygens (including phenoxy) is 3. The molecule has 0 radical (unpaired) electrons. The molecule has 19 heavy (non-hydrogen) atoms. The standard InChI is InChI=1S/C15H20O4/c16-15(14-6-7-14)19-11-10-17-8-9-18-12-13-4-2-1-3-5-13/h1-5,14H,6-12H2. The highest BCUT2D eigenvalue weighted by Crippen LogP contribution is 2.29. The summed E-state index contributed by atoms with van der Waals surface area (Å²) in [6, 6.07) is 10.0. The Kier molecular flexibility index (Phi) is 5.85. The molecule has 0 bridgehead atoms. The Hall–Kier alpha value is -1.39. The van der Waals surface area contributed by atoms with Crippen LogP contribution < -0.4 is 0 Å². The van der Waals surface area contributed by atoms with Gasteiger partial charge in [0, 0.05) is 0 Å². The van der Waals surface area contributed by atoms with Crippen LogP contribution in [0, 0.1) is 5.92 Å². The van der Waals surface area contributed by atoms with E-state index in [1.807, 2.05) is 30.3 Å². The number of carbonyl (C=O) groups excluding carboxylic acids is 1. The van der Waals surface area contributed by atoms with Gasteiger partial charge >= 0.3 is 5.97 Å². The van der Waals surface area contributed by atoms with Crippen LogP contribution >= 0.6 is 0 Å². The SMILES string of the molecule is O=C(OCCOCCOCc1ccccc1)C1CC1. The van der Waals surface area contributed by atoms with Gasteiger partial charge in [-0.15, -0.1) is 0 Å². The molecule has 0 saturated heterocycles. The maximum absolute atomic E-state index is 11.2. The van der Waals surface area contributed by atoms with Crippen molar-refractivity contribution in [1.82, 2.24) is 0 Å². The summed E-state index contributed by atoms with van der Waals surface area (Å²) >= 11 is 0. The molecule has 0 amide bonds. The van der Waals surface area contributed by atoms with E-state index in [2.05, 4.69) is 0 Å². The molecule has 1 aliphatic carbocycles. The van der Waals surface area contributed by atoms with Gasteiger partial charge in [-0.2, -0.15) is 0 Å². The number of hydrogen-bond acceptors (Lipinski definition) is 4. The molecule has 4 heteroatoms. The monoisotopic (exact) mass is 264 g/mol. The maximum atomic E-state index is 11.2. The fraction of sp³-hybridized carbons (Fsp3) is 0.533. The lowest BCUT2D eigenvalue weighted by atomic mass is 10.2. The molecule has 0 atom stereocenters. The highest BCUT2D eigenvalue weighted by molar-refractivity contribution is 5.74. The number of esters is 1. The quantitative estimate of drug-likeness (QED) is 0.506. The molecule has 0 unspecified atom stereocenters. The van der Waals surface area contributed by atoms with E-state index < -0.39 is 0 Å². The predicted molar refractivity (Wildman–Crippen MR) is 70.6 cm³/mol. The Morgan fingerprint density at radius 3 is 2.42 bits per heavy atom. The fourth-order valence-electron chi connectivity index (χ4n) is 1.62. The summed E-state index contributed by atoms with van der Waals surface area (Å²) in [5.41, 5.74) is 1.15. The van der Waals surface area contributed by atoms with Crippen LogP contribution in [0.3, 0.4) is 0 Å². The van der Waals surface area contributed by atoms with Gasteiger partial charge in [-0.3, -0.25) is 4.79 Å². The third-order valence-corrected chi connectivity index (χ3v) is 2.87. The van der Waals surface area contributed by atoms with Crippen molar-refractivity contribution >= 4 is 5.97 Å². The van der Waals surface area contributed by atoms with Gasteiger partial charge in [0.1, 0.15) is 6.61 Å². The van der Waals surface area contributed by atoms with Gasteiger partial charge in [0.25, 0.3) is 0 Å². The topological polar surface area (TPSA) is 44.8 Å². The summed E-state index contributed by atoms with van der Waals surface area (Å²) in [6.45, 7) is 2.45. The van der Waals surface area contributed by atoms with Gasteiger partial charge in [0.2, 0.25) is 0 Å². The Bertz CT molecular complexity index is 373. The van der Waals surface area contributed by atoms with Crippen LogP contribution in [-0.2, 0) is 25.6 Å². The Balaban J connectivity index is 1.39. The average Bonchev–Trinajstić information content (AvgIpc) is 3.27. The summed E-state index contributed by atoms with van der Waals surface area (Å²) in [5.74, 6) is 0.0816. The van der Waals surface area contributed by atoms with Gasteiger partial charge in [-0.1, -0.05) is 30.3 Å². The predicted octanol–water partition coefficient (Wildman–Crippen LogP) is 2.17. The Morgan fingerprint density at radius 2 is 1.68 bits per heavy atom. The second-order valence-corrected chi connectivity index (χ2v) is 4.59. The number of carbonyl (C=O) groups is 1. The highest BCUT2D eigenvalue weighted by atomic mass is 16.6.